The number of carbonyl (C=O) groups is 1. The van der Waals surface area contributed by atoms with Gasteiger partial charge in [0.2, 0.25) is 5.91 Å². The van der Waals surface area contributed by atoms with Crippen LogP contribution in [0.4, 0.5) is 11.6 Å². The first-order chi connectivity index (χ1) is 9.72. The molecule has 2 heterocycles. The van der Waals surface area contributed by atoms with Gasteiger partial charge in [-0.25, -0.2) is 9.97 Å². The van der Waals surface area contributed by atoms with Crippen molar-refractivity contribution in [1.82, 2.24) is 14.9 Å². The van der Waals surface area contributed by atoms with Gasteiger partial charge < -0.3 is 15.5 Å². The molecule has 0 bridgehead atoms. The molecule has 2 N–H and O–H groups in total. The molecule has 0 atom stereocenters. The average molecular weight is 342 g/mol. The van der Waals surface area contributed by atoms with Crippen molar-refractivity contribution in [2.45, 2.75) is 26.2 Å². The van der Waals surface area contributed by atoms with E-state index in [0.717, 1.165) is 42.8 Å². The standard InChI is InChI=1S/C13H20BrN5O/c1-2-15-12-11(14)13(18-9-17-12)16-8-10(20)19-6-4-3-5-7-19/h9H,2-8H2,1H3,(H2,15,16,17,18). The Balaban J connectivity index is 1.93. The summed E-state index contributed by atoms with van der Waals surface area (Å²) in [6.07, 6.45) is 4.91. The summed E-state index contributed by atoms with van der Waals surface area (Å²) in [6, 6.07) is 0. The molecule has 110 valence electrons. The van der Waals surface area contributed by atoms with Crippen LogP contribution in [0.3, 0.4) is 0 Å². The maximum Gasteiger partial charge on any atom is 0.241 e. The first-order valence-corrected chi connectivity index (χ1v) is 7.77. The zero-order chi connectivity index (χ0) is 14.4. The van der Waals surface area contributed by atoms with E-state index in [1.54, 1.807) is 0 Å². The number of nitrogens with zero attached hydrogens (tertiary/aromatic N) is 3. The molecule has 0 unspecified atom stereocenters. The van der Waals surface area contributed by atoms with E-state index < -0.39 is 0 Å². The monoisotopic (exact) mass is 341 g/mol. The van der Waals surface area contributed by atoms with Crippen molar-refractivity contribution in [1.29, 1.82) is 0 Å². The molecule has 1 aromatic heterocycles. The predicted octanol–water partition coefficient (Wildman–Crippen LogP) is 2.10. The van der Waals surface area contributed by atoms with Gasteiger partial charge in [0.1, 0.15) is 22.4 Å². The Bertz CT molecular complexity index is 462. The first kappa shape index (κ1) is 15.0. The van der Waals surface area contributed by atoms with Crippen LogP contribution in [0.1, 0.15) is 26.2 Å². The van der Waals surface area contributed by atoms with Crippen molar-refractivity contribution in [3.63, 3.8) is 0 Å². The number of rotatable bonds is 5. The highest BCUT2D eigenvalue weighted by atomic mass is 79.9. The van der Waals surface area contributed by atoms with Gasteiger partial charge >= 0.3 is 0 Å². The summed E-state index contributed by atoms with van der Waals surface area (Å²) in [6.45, 7) is 4.78. The smallest absolute Gasteiger partial charge is 0.241 e. The Labute approximate surface area is 127 Å². The number of piperidine rings is 1. The molecule has 0 radical (unpaired) electrons. The summed E-state index contributed by atoms with van der Waals surface area (Å²) in [5, 5.41) is 6.21. The van der Waals surface area contributed by atoms with Crippen molar-refractivity contribution in [3.8, 4) is 0 Å². The predicted molar refractivity (Wildman–Crippen MR) is 82.8 cm³/mol. The zero-order valence-corrected chi connectivity index (χ0v) is 13.2. The summed E-state index contributed by atoms with van der Waals surface area (Å²) >= 11 is 3.45. The van der Waals surface area contributed by atoms with E-state index in [2.05, 4.69) is 36.5 Å². The van der Waals surface area contributed by atoms with Gasteiger partial charge in [0, 0.05) is 19.6 Å². The van der Waals surface area contributed by atoms with Gasteiger partial charge in [-0.2, -0.15) is 0 Å². The summed E-state index contributed by atoms with van der Waals surface area (Å²) in [7, 11) is 0. The number of hydrogen-bond acceptors (Lipinski definition) is 5. The molecule has 7 heteroatoms. The number of hydrogen-bond donors (Lipinski definition) is 2. The van der Waals surface area contributed by atoms with Crippen molar-refractivity contribution >= 4 is 33.5 Å². The van der Waals surface area contributed by atoms with Gasteiger partial charge in [0.25, 0.3) is 0 Å². The zero-order valence-electron chi connectivity index (χ0n) is 11.7. The fraction of sp³-hybridized carbons (Fsp3) is 0.615. The molecular formula is C13H20BrN5O. The minimum atomic E-state index is 0.125. The maximum atomic E-state index is 12.1. The molecule has 0 aliphatic carbocycles. The highest BCUT2D eigenvalue weighted by molar-refractivity contribution is 9.10. The summed E-state index contributed by atoms with van der Waals surface area (Å²) < 4.78 is 0.758. The Morgan fingerprint density at radius 2 is 1.90 bits per heavy atom. The normalized spacial score (nSPS) is 15.0. The highest BCUT2D eigenvalue weighted by Crippen LogP contribution is 2.26. The van der Waals surface area contributed by atoms with Crippen LogP contribution in [0.2, 0.25) is 0 Å². The topological polar surface area (TPSA) is 70.1 Å². The number of aromatic nitrogens is 2. The third-order valence-electron chi connectivity index (χ3n) is 3.25. The minimum Gasteiger partial charge on any atom is -0.369 e. The number of amides is 1. The molecule has 1 fully saturated rings. The van der Waals surface area contributed by atoms with Crippen LogP contribution in [-0.4, -0.2) is 47.0 Å². The Kier molecular flexibility index (Phi) is 5.58. The fourth-order valence-corrected chi connectivity index (χ4v) is 2.68. The Hall–Kier alpha value is -1.37. The van der Waals surface area contributed by atoms with Crippen LogP contribution in [0.25, 0.3) is 0 Å². The van der Waals surface area contributed by atoms with Crippen LogP contribution < -0.4 is 10.6 Å². The third kappa shape index (κ3) is 3.82. The van der Waals surface area contributed by atoms with E-state index >= 15 is 0 Å². The molecule has 1 amide bonds. The molecule has 0 spiro atoms. The Morgan fingerprint density at radius 1 is 1.25 bits per heavy atom. The second-order valence-electron chi connectivity index (χ2n) is 4.71. The maximum absolute atomic E-state index is 12.1. The summed E-state index contributed by atoms with van der Waals surface area (Å²) in [4.78, 5) is 22.3. The van der Waals surface area contributed by atoms with Gasteiger partial charge in [0.05, 0.1) is 6.54 Å². The largest absolute Gasteiger partial charge is 0.369 e. The molecule has 0 aromatic carbocycles. The lowest BCUT2D eigenvalue weighted by Gasteiger charge is -2.26. The van der Waals surface area contributed by atoms with E-state index in [-0.39, 0.29) is 12.5 Å². The Morgan fingerprint density at radius 3 is 2.55 bits per heavy atom. The minimum absolute atomic E-state index is 0.125. The van der Waals surface area contributed by atoms with Crippen LogP contribution in [-0.2, 0) is 4.79 Å². The van der Waals surface area contributed by atoms with Crippen molar-refractivity contribution in [3.05, 3.63) is 10.8 Å². The first-order valence-electron chi connectivity index (χ1n) is 6.98. The number of likely N-dealkylation sites (tertiary alicyclic amines) is 1. The molecule has 1 aliphatic heterocycles. The number of anilines is 2. The lowest BCUT2D eigenvalue weighted by Crippen LogP contribution is -2.39. The van der Waals surface area contributed by atoms with Gasteiger partial charge in [-0.15, -0.1) is 0 Å². The summed E-state index contributed by atoms with van der Waals surface area (Å²) in [5.41, 5.74) is 0. The van der Waals surface area contributed by atoms with Crippen molar-refractivity contribution in [2.24, 2.45) is 0 Å². The van der Waals surface area contributed by atoms with Crippen molar-refractivity contribution in [2.75, 3.05) is 36.8 Å². The molecule has 6 nitrogen and oxygen atoms in total. The second kappa shape index (κ2) is 7.42. The lowest BCUT2D eigenvalue weighted by atomic mass is 10.1. The van der Waals surface area contributed by atoms with E-state index in [4.69, 9.17) is 0 Å². The molecular weight excluding hydrogens is 322 g/mol. The highest BCUT2D eigenvalue weighted by Gasteiger charge is 2.17. The molecule has 0 saturated carbocycles. The molecule has 1 saturated heterocycles. The van der Waals surface area contributed by atoms with Crippen LogP contribution in [0.15, 0.2) is 10.8 Å². The SMILES string of the molecule is CCNc1ncnc(NCC(=O)N2CCCCC2)c1Br. The molecule has 20 heavy (non-hydrogen) atoms. The molecule has 1 aromatic rings. The van der Waals surface area contributed by atoms with Gasteiger partial charge in [-0.1, -0.05) is 0 Å². The van der Waals surface area contributed by atoms with Crippen LogP contribution in [0.5, 0.6) is 0 Å². The van der Waals surface area contributed by atoms with Crippen molar-refractivity contribution < 1.29 is 4.79 Å². The van der Waals surface area contributed by atoms with Crippen LogP contribution >= 0.6 is 15.9 Å². The van der Waals surface area contributed by atoms with Gasteiger partial charge in [-0.05, 0) is 42.1 Å². The lowest BCUT2D eigenvalue weighted by molar-refractivity contribution is -0.130. The van der Waals surface area contributed by atoms with Crippen LogP contribution in [0, 0.1) is 0 Å². The van der Waals surface area contributed by atoms with E-state index in [1.165, 1.54) is 12.7 Å². The van der Waals surface area contributed by atoms with E-state index in [1.807, 2.05) is 11.8 Å². The van der Waals surface area contributed by atoms with Gasteiger partial charge in [-0.3, -0.25) is 4.79 Å². The number of halogens is 1. The third-order valence-corrected chi connectivity index (χ3v) is 4.00. The molecule has 2 rings (SSSR count). The molecule has 1 aliphatic rings. The fourth-order valence-electron chi connectivity index (χ4n) is 2.20. The second-order valence-corrected chi connectivity index (χ2v) is 5.50. The number of carbonyl (C=O) groups excluding carboxylic acids is 1. The number of nitrogens with one attached hydrogen (secondary N) is 2. The van der Waals surface area contributed by atoms with E-state index in [9.17, 15) is 4.79 Å². The summed E-state index contributed by atoms with van der Waals surface area (Å²) in [5.74, 6) is 1.50. The van der Waals surface area contributed by atoms with Gasteiger partial charge in [0.15, 0.2) is 0 Å². The van der Waals surface area contributed by atoms with E-state index in [0.29, 0.717) is 5.82 Å². The quantitative estimate of drug-likeness (QED) is 0.858. The average Bonchev–Trinajstić information content (AvgIpc) is 2.49.